The van der Waals surface area contributed by atoms with Crippen LogP contribution in [0.15, 0.2) is 18.5 Å². The molecule has 3 rings (SSSR count). The molecule has 0 saturated heterocycles. The minimum Gasteiger partial charge on any atom is -0.480 e. The van der Waals surface area contributed by atoms with Crippen molar-refractivity contribution in [2.75, 3.05) is 0 Å². The van der Waals surface area contributed by atoms with E-state index in [9.17, 15) is 9.90 Å². The molecule has 0 radical (unpaired) electrons. The predicted octanol–water partition coefficient (Wildman–Crippen LogP) is 1.56. The van der Waals surface area contributed by atoms with Gasteiger partial charge in [-0.1, -0.05) is 6.92 Å². The topological polar surface area (TPSA) is 127 Å². The third-order valence-electron chi connectivity index (χ3n) is 3.34. The highest BCUT2D eigenvalue weighted by molar-refractivity contribution is 7.18. The molecule has 0 spiro atoms. The Morgan fingerprint density at radius 2 is 2.04 bits per heavy atom. The van der Waals surface area contributed by atoms with Crippen molar-refractivity contribution in [1.82, 2.24) is 29.7 Å². The summed E-state index contributed by atoms with van der Waals surface area (Å²) in [6.45, 7) is 3.12. The molecule has 10 heteroatoms. The second-order valence-corrected chi connectivity index (χ2v) is 6.24. The van der Waals surface area contributed by atoms with E-state index in [1.807, 2.05) is 6.92 Å². The summed E-state index contributed by atoms with van der Waals surface area (Å²) in [5.41, 5.74) is 0.753. The lowest BCUT2D eigenvalue weighted by molar-refractivity contribution is -0.137. The zero-order valence-electron chi connectivity index (χ0n) is 13.6. The van der Waals surface area contributed by atoms with Crippen molar-refractivity contribution in [3.63, 3.8) is 0 Å². The van der Waals surface area contributed by atoms with Crippen LogP contribution >= 0.6 is 11.3 Å². The second-order valence-electron chi connectivity index (χ2n) is 5.24. The van der Waals surface area contributed by atoms with E-state index in [1.54, 1.807) is 18.5 Å². The maximum atomic E-state index is 11.1. The van der Waals surface area contributed by atoms with Gasteiger partial charge < -0.3 is 10.2 Å². The molecule has 0 aliphatic heterocycles. The Labute approximate surface area is 147 Å². The van der Waals surface area contributed by atoms with E-state index in [2.05, 4.69) is 25.0 Å². The third kappa shape index (κ3) is 3.54. The Bertz CT molecular complexity index is 890. The van der Waals surface area contributed by atoms with Crippen LogP contribution in [0, 0.1) is 0 Å². The van der Waals surface area contributed by atoms with Crippen molar-refractivity contribution < 1.29 is 15.0 Å². The van der Waals surface area contributed by atoms with Crippen molar-refractivity contribution in [3.8, 4) is 21.5 Å². The number of aryl methyl sites for hydroxylation is 1. The van der Waals surface area contributed by atoms with E-state index in [4.69, 9.17) is 5.11 Å². The van der Waals surface area contributed by atoms with Crippen LogP contribution in [0.1, 0.15) is 31.5 Å². The minimum atomic E-state index is -1.04. The third-order valence-corrected chi connectivity index (χ3v) is 4.43. The Balaban J connectivity index is 2.12. The number of hydrogen-bond donors (Lipinski definition) is 2. The first-order valence-electron chi connectivity index (χ1n) is 7.61. The van der Waals surface area contributed by atoms with Gasteiger partial charge in [0.1, 0.15) is 12.6 Å². The van der Waals surface area contributed by atoms with Gasteiger partial charge in [-0.15, -0.1) is 11.3 Å². The molecule has 9 nitrogen and oxygen atoms in total. The molecule has 1 atom stereocenters. The number of aliphatic hydroxyl groups excluding tert-OH is 1. The van der Waals surface area contributed by atoms with Crippen LogP contribution in [0.25, 0.3) is 21.5 Å². The lowest BCUT2D eigenvalue weighted by Gasteiger charge is -2.01. The normalized spacial score (nSPS) is 12.3. The summed E-state index contributed by atoms with van der Waals surface area (Å²) in [5.74, 6) is -0.00924. The number of aliphatic hydroxyl groups is 1. The van der Waals surface area contributed by atoms with Gasteiger partial charge in [-0.05, 0) is 19.4 Å². The SMILES string of the molecule is CCc1nc(-c2ncccn2)sc1-c1nc(C(C)O)nn1CC(=O)O. The van der Waals surface area contributed by atoms with Gasteiger partial charge in [0, 0.05) is 12.4 Å². The zero-order chi connectivity index (χ0) is 18.0. The molecule has 2 N–H and O–H groups in total. The van der Waals surface area contributed by atoms with Crippen LogP contribution in [-0.4, -0.2) is 45.9 Å². The highest BCUT2D eigenvalue weighted by atomic mass is 32.1. The number of rotatable bonds is 6. The molecule has 3 aromatic rings. The number of nitrogens with zero attached hydrogens (tertiary/aromatic N) is 6. The molecule has 0 aromatic carbocycles. The largest absolute Gasteiger partial charge is 0.480 e. The summed E-state index contributed by atoms with van der Waals surface area (Å²) in [6, 6.07) is 1.72. The summed E-state index contributed by atoms with van der Waals surface area (Å²) in [7, 11) is 0. The van der Waals surface area contributed by atoms with E-state index in [0.717, 1.165) is 5.69 Å². The Kier molecular flexibility index (Phi) is 4.81. The fourth-order valence-electron chi connectivity index (χ4n) is 2.21. The van der Waals surface area contributed by atoms with Gasteiger partial charge in [0.05, 0.1) is 10.6 Å². The maximum absolute atomic E-state index is 11.1. The van der Waals surface area contributed by atoms with Crippen molar-refractivity contribution >= 4 is 17.3 Å². The van der Waals surface area contributed by atoms with Gasteiger partial charge in [0.25, 0.3) is 0 Å². The number of aliphatic carboxylic acids is 1. The number of thiazole rings is 1. The summed E-state index contributed by atoms with van der Waals surface area (Å²) in [6.07, 6.45) is 2.99. The molecule has 0 amide bonds. The molecule has 1 unspecified atom stereocenters. The summed E-state index contributed by atoms with van der Waals surface area (Å²) in [4.78, 5) is 29.1. The van der Waals surface area contributed by atoms with Crippen LogP contribution in [-0.2, 0) is 17.8 Å². The molecule has 25 heavy (non-hydrogen) atoms. The van der Waals surface area contributed by atoms with E-state index >= 15 is 0 Å². The Morgan fingerprint density at radius 1 is 1.32 bits per heavy atom. The lowest BCUT2D eigenvalue weighted by Crippen LogP contribution is -2.12. The molecule has 3 heterocycles. The minimum absolute atomic E-state index is 0.171. The number of carbonyl (C=O) groups is 1. The summed E-state index contributed by atoms with van der Waals surface area (Å²) < 4.78 is 1.27. The van der Waals surface area contributed by atoms with Gasteiger partial charge in [-0.25, -0.2) is 24.6 Å². The Hall–Kier alpha value is -2.72. The molecule has 0 saturated carbocycles. The first kappa shape index (κ1) is 17.1. The maximum Gasteiger partial charge on any atom is 0.325 e. The average Bonchev–Trinajstić information content (AvgIpc) is 3.19. The fourth-order valence-corrected chi connectivity index (χ4v) is 3.31. The molecule has 130 valence electrons. The number of carboxylic acid groups (broad SMARTS) is 1. The summed E-state index contributed by atoms with van der Waals surface area (Å²) in [5, 5.41) is 23.6. The second kappa shape index (κ2) is 7.03. The van der Waals surface area contributed by atoms with E-state index < -0.39 is 12.1 Å². The van der Waals surface area contributed by atoms with Gasteiger partial charge in [0.2, 0.25) is 0 Å². The molecule has 0 aliphatic rings. The van der Waals surface area contributed by atoms with Crippen molar-refractivity contribution in [1.29, 1.82) is 0 Å². The predicted molar refractivity (Wildman–Crippen MR) is 89.8 cm³/mol. The Morgan fingerprint density at radius 3 is 2.64 bits per heavy atom. The van der Waals surface area contributed by atoms with Crippen molar-refractivity contribution in [2.45, 2.75) is 32.9 Å². The number of carboxylic acids is 1. The van der Waals surface area contributed by atoms with Crippen molar-refractivity contribution in [3.05, 3.63) is 30.0 Å². The van der Waals surface area contributed by atoms with Crippen LogP contribution in [0.3, 0.4) is 0 Å². The average molecular weight is 360 g/mol. The number of hydrogen-bond acceptors (Lipinski definition) is 8. The molecule has 0 bridgehead atoms. The van der Waals surface area contributed by atoms with Gasteiger partial charge >= 0.3 is 5.97 Å². The monoisotopic (exact) mass is 360 g/mol. The van der Waals surface area contributed by atoms with Crippen LogP contribution in [0.5, 0.6) is 0 Å². The van der Waals surface area contributed by atoms with Crippen LogP contribution in [0.2, 0.25) is 0 Å². The molecule has 0 aliphatic carbocycles. The summed E-state index contributed by atoms with van der Waals surface area (Å²) >= 11 is 1.32. The smallest absolute Gasteiger partial charge is 0.325 e. The van der Waals surface area contributed by atoms with Gasteiger partial charge in [-0.2, -0.15) is 5.10 Å². The van der Waals surface area contributed by atoms with E-state index in [-0.39, 0.29) is 12.4 Å². The first-order valence-corrected chi connectivity index (χ1v) is 8.43. The van der Waals surface area contributed by atoms with Crippen LogP contribution in [0.4, 0.5) is 0 Å². The fraction of sp³-hybridized carbons (Fsp3) is 0.333. The van der Waals surface area contributed by atoms with E-state index in [0.29, 0.717) is 28.0 Å². The van der Waals surface area contributed by atoms with Crippen molar-refractivity contribution in [2.24, 2.45) is 0 Å². The lowest BCUT2D eigenvalue weighted by atomic mass is 10.3. The highest BCUT2D eigenvalue weighted by Crippen LogP contribution is 2.34. The van der Waals surface area contributed by atoms with Crippen LogP contribution < -0.4 is 0 Å². The number of aromatic nitrogens is 6. The van der Waals surface area contributed by atoms with Gasteiger partial charge in [-0.3, -0.25) is 4.79 Å². The molecule has 0 fully saturated rings. The molecule has 3 aromatic heterocycles. The zero-order valence-corrected chi connectivity index (χ0v) is 14.4. The molecular weight excluding hydrogens is 344 g/mol. The first-order chi connectivity index (χ1) is 12.0. The quantitative estimate of drug-likeness (QED) is 0.678. The highest BCUT2D eigenvalue weighted by Gasteiger charge is 2.23. The molecular formula is C15H16N6O3S. The standard InChI is InChI=1S/C15H16N6O3S/c1-3-9-11(25-15(18-9)13-16-5-4-6-17-13)14-19-12(8(2)22)20-21(14)7-10(23)24/h4-6,8,22H,3,7H2,1-2H3,(H,23,24). The van der Waals surface area contributed by atoms with E-state index in [1.165, 1.54) is 22.9 Å². The van der Waals surface area contributed by atoms with Gasteiger partial charge in [0.15, 0.2) is 22.5 Å².